The molecule has 0 atom stereocenters. The van der Waals surface area contributed by atoms with E-state index in [4.69, 9.17) is 35.4 Å². The lowest BCUT2D eigenvalue weighted by Crippen LogP contribution is -2.20. The van der Waals surface area contributed by atoms with E-state index in [0.29, 0.717) is 21.1 Å². The number of rotatable bonds is 3. The molecule has 2 rings (SSSR count). The summed E-state index contributed by atoms with van der Waals surface area (Å²) in [5.41, 5.74) is 3.02. The molecule has 0 unspecified atom stereocenters. The number of para-hydroxylation sites is 1. The van der Waals surface area contributed by atoms with E-state index in [-0.39, 0.29) is 0 Å². The van der Waals surface area contributed by atoms with Gasteiger partial charge in [0.15, 0.2) is 5.11 Å². The van der Waals surface area contributed by atoms with Gasteiger partial charge >= 0.3 is 0 Å². The van der Waals surface area contributed by atoms with E-state index in [0.717, 1.165) is 11.4 Å². The van der Waals surface area contributed by atoms with Crippen molar-refractivity contribution in [1.82, 2.24) is 0 Å². The second kappa shape index (κ2) is 7.12. The molecule has 2 aromatic rings. The minimum absolute atomic E-state index is 0.418. The SMILES string of the molecule is CC(C)c1ccccc1NC(=S)Nc1ccc(Cl)c(Cl)c1. The zero-order valence-electron chi connectivity index (χ0n) is 11.8. The highest BCUT2D eigenvalue weighted by atomic mass is 35.5. The van der Waals surface area contributed by atoms with Gasteiger partial charge in [-0.15, -0.1) is 0 Å². The number of halogens is 2. The molecule has 0 amide bonds. The normalized spacial score (nSPS) is 10.5. The smallest absolute Gasteiger partial charge is 0.175 e. The summed E-state index contributed by atoms with van der Waals surface area (Å²) in [6.45, 7) is 4.30. The predicted molar refractivity (Wildman–Crippen MR) is 96.8 cm³/mol. The largest absolute Gasteiger partial charge is 0.332 e. The standard InChI is InChI=1S/C16H16Cl2N2S/c1-10(2)12-5-3-4-6-15(12)20-16(21)19-11-7-8-13(17)14(18)9-11/h3-10H,1-2H3,(H2,19,20,21). The van der Waals surface area contributed by atoms with E-state index in [9.17, 15) is 0 Å². The minimum atomic E-state index is 0.418. The molecule has 0 spiro atoms. The number of thiocarbonyl (C=S) groups is 1. The molecule has 0 saturated carbocycles. The average molecular weight is 339 g/mol. The Labute approximate surface area is 140 Å². The maximum atomic E-state index is 5.99. The van der Waals surface area contributed by atoms with Gasteiger partial charge in [-0.2, -0.15) is 0 Å². The van der Waals surface area contributed by atoms with Gasteiger partial charge in [0.2, 0.25) is 0 Å². The third-order valence-corrected chi connectivity index (χ3v) is 3.95. The second-order valence-electron chi connectivity index (χ2n) is 4.95. The van der Waals surface area contributed by atoms with Gasteiger partial charge in [-0.3, -0.25) is 0 Å². The van der Waals surface area contributed by atoms with Crippen molar-refractivity contribution in [2.75, 3.05) is 10.6 Å². The maximum Gasteiger partial charge on any atom is 0.175 e. The van der Waals surface area contributed by atoms with Gasteiger partial charge in [-0.25, -0.2) is 0 Å². The molecule has 0 aliphatic rings. The Kier molecular flexibility index (Phi) is 5.45. The van der Waals surface area contributed by atoms with Crippen LogP contribution in [-0.2, 0) is 0 Å². The summed E-state index contributed by atoms with van der Waals surface area (Å²) in [5, 5.41) is 7.85. The quantitative estimate of drug-likeness (QED) is 0.678. The Morgan fingerprint density at radius 1 is 1.00 bits per heavy atom. The van der Waals surface area contributed by atoms with Crippen LogP contribution in [0.25, 0.3) is 0 Å². The Morgan fingerprint density at radius 3 is 2.38 bits per heavy atom. The lowest BCUT2D eigenvalue weighted by Gasteiger charge is -2.16. The molecular weight excluding hydrogens is 323 g/mol. The number of hydrogen-bond donors (Lipinski definition) is 2. The number of anilines is 2. The van der Waals surface area contributed by atoms with Crippen LogP contribution < -0.4 is 10.6 Å². The summed E-state index contributed by atoms with van der Waals surface area (Å²) >= 11 is 17.2. The first-order valence-electron chi connectivity index (χ1n) is 6.59. The van der Waals surface area contributed by atoms with Crippen LogP contribution in [0.1, 0.15) is 25.3 Å². The second-order valence-corrected chi connectivity index (χ2v) is 6.17. The monoisotopic (exact) mass is 338 g/mol. The van der Waals surface area contributed by atoms with Gasteiger partial charge in [-0.1, -0.05) is 55.2 Å². The van der Waals surface area contributed by atoms with Crippen molar-refractivity contribution in [2.24, 2.45) is 0 Å². The highest BCUT2D eigenvalue weighted by molar-refractivity contribution is 7.80. The molecule has 5 heteroatoms. The lowest BCUT2D eigenvalue weighted by atomic mass is 10.0. The number of benzene rings is 2. The van der Waals surface area contributed by atoms with E-state index in [1.807, 2.05) is 24.3 Å². The third kappa shape index (κ3) is 4.34. The van der Waals surface area contributed by atoms with E-state index in [2.05, 4.69) is 30.5 Å². The lowest BCUT2D eigenvalue weighted by molar-refractivity contribution is 0.869. The van der Waals surface area contributed by atoms with Gasteiger partial charge < -0.3 is 10.6 Å². The molecule has 2 nitrogen and oxygen atoms in total. The fourth-order valence-electron chi connectivity index (χ4n) is 1.97. The first kappa shape index (κ1) is 16.1. The summed E-state index contributed by atoms with van der Waals surface area (Å²) < 4.78 is 0. The Hall–Kier alpha value is -1.29. The van der Waals surface area contributed by atoms with Crippen LogP contribution in [0.2, 0.25) is 10.0 Å². The fraction of sp³-hybridized carbons (Fsp3) is 0.188. The van der Waals surface area contributed by atoms with Crippen molar-refractivity contribution in [3.8, 4) is 0 Å². The summed E-state index contributed by atoms with van der Waals surface area (Å²) in [6.07, 6.45) is 0. The molecule has 2 N–H and O–H groups in total. The molecule has 21 heavy (non-hydrogen) atoms. The average Bonchev–Trinajstić information content (AvgIpc) is 2.43. The fourth-order valence-corrected chi connectivity index (χ4v) is 2.50. The van der Waals surface area contributed by atoms with Crippen LogP contribution >= 0.6 is 35.4 Å². The first-order valence-corrected chi connectivity index (χ1v) is 7.76. The van der Waals surface area contributed by atoms with Gasteiger partial charge in [0.05, 0.1) is 10.0 Å². The molecule has 0 fully saturated rings. The number of nitrogens with one attached hydrogen (secondary N) is 2. The van der Waals surface area contributed by atoms with Gasteiger partial charge in [0.25, 0.3) is 0 Å². The van der Waals surface area contributed by atoms with Gasteiger partial charge in [0.1, 0.15) is 0 Å². The summed E-state index contributed by atoms with van der Waals surface area (Å²) in [6, 6.07) is 13.4. The van der Waals surface area contributed by atoms with Crippen LogP contribution in [0.15, 0.2) is 42.5 Å². The first-order chi connectivity index (χ1) is 9.97. The predicted octanol–water partition coefficient (Wildman–Crippen LogP) is 5.93. The molecule has 0 aromatic heterocycles. The molecule has 0 radical (unpaired) electrons. The zero-order valence-corrected chi connectivity index (χ0v) is 14.1. The van der Waals surface area contributed by atoms with Gasteiger partial charge in [-0.05, 0) is 48.0 Å². The highest BCUT2D eigenvalue weighted by Gasteiger charge is 2.07. The molecule has 2 aromatic carbocycles. The van der Waals surface area contributed by atoms with Crippen LogP contribution in [0.3, 0.4) is 0 Å². The van der Waals surface area contributed by atoms with Crippen LogP contribution in [0.5, 0.6) is 0 Å². The van der Waals surface area contributed by atoms with Crippen molar-refractivity contribution in [1.29, 1.82) is 0 Å². The van der Waals surface area contributed by atoms with E-state index in [1.165, 1.54) is 5.56 Å². The molecule has 0 aliphatic carbocycles. The summed E-state index contributed by atoms with van der Waals surface area (Å²) in [5.74, 6) is 0.418. The van der Waals surface area contributed by atoms with Crippen molar-refractivity contribution < 1.29 is 0 Å². The summed E-state index contributed by atoms with van der Waals surface area (Å²) in [4.78, 5) is 0. The van der Waals surface area contributed by atoms with Crippen molar-refractivity contribution in [3.05, 3.63) is 58.1 Å². The summed E-state index contributed by atoms with van der Waals surface area (Å²) in [7, 11) is 0. The van der Waals surface area contributed by atoms with E-state index in [1.54, 1.807) is 12.1 Å². The van der Waals surface area contributed by atoms with Crippen molar-refractivity contribution >= 4 is 51.9 Å². The molecule has 110 valence electrons. The minimum Gasteiger partial charge on any atom is -0.332 e. The number of hydrogen-bond acceptors (Lipinski definition) is 1. The zero-order chi connectivity index (χ0) is 15.4. The topological polar surface area (TPSA) is 24.1 Å². The Morgan fingerprint density at radius 2 is 1.71 bits per heavy atom. The van der Waals surface area contributed by atoms with E-state index < -0.39 is 0 Å². The molecule has 0 heterocycles. The van der Waals surface area contributed by atoms with Crippen LogP contribution in [0, 0.1) is 0 Å². The van der Waals surface area contributed by atoms with Crippen LogP contribution in [0.4, 0.5) is 11.4 Å². The third-order valence-electron chi connectivity index (χ3n) is 3.01. The highest BCUT2D eigenvalue weighted by Crippen LogP contribution is 2.26. The van der Waals surface area contributed by atoms with Crippen molar-refractivity contribution in [2.45, 2.75) is 19.8 Å². The van der Waals surface area contributed by atoms with E-state index >= 15 is 0 Å². The molecule has 0 saturated heterocycles. The Balaban J connectivity index is 2.10. The van der Waals surface area contributed by atoms with Crippen LogP contribution in [-0.4, -0.2) is 5.11 Å². The van der Waals surface area contributed by atoms with Crippen molar-refractivity contribution in [3.63, 3.8) is 0 Å². The van der Waals surface area contributed by atoms with Gasteiger partial charge in [0, 0.05) is 11.4 Å². The molecular formula is C16H16Cl2N2S. The molecule has 0 aliphatic heterocycles. The Bertz CT molecular complexity index is 656. The maximum absolute atomic E-state index is 5.99. The molecule has 0 bridgehead atoms.